The third-order valence-corrected chi connectivity index (χ3v) is 14.2. The molecule has 1 amide bonds. The molecule has 0 aliphatic carbocycles. The van der Waals surface area contributed by atoms with E-state index in [0.717, 1.165) is 109 Å². The number of allylic oxidation sites excluding steroid dienone is 15. The second kappa shape index (κ2) is 55.3. The van der Waals surface area contributed by atoms with E-state index in [4.69, 9.17) is 13.8 Å². The van der Waals surface area contributed by atoms with E-state index in [-0.39, 0.29) is 31.5 Å². The molecular formula is C66H118N2O7P+. The maximum absolute atomic E-state index is 13.5. The number of rotatable bonds is 55. The fourth-order valence-electron chi connectivity index (χ4n) is 8.47. The summed E-state index contributed by atoms with van der Waals surface area (Å²) >= 11 is 0. The van der Waals surface area contributed by atoms with Gasteiger partial charge >= 0.3 is 13.8 Å². The van der Waals surface area contributed by atoms with Crippen molar-refractivity contribution < 1.29 is 37.3 Å². The molecule has 2 N–H and O–H groups in total. The van der Waals surface area contributed by atoms with Crippen molar-refractivity contribution in [2.45, 2.75) is 270 Å². The zero-order chi connectivity index (χ0) is 55.7. The predicted octanol–water partition coefficient (Wildman–Crippen LogP) is 19.2. The molecule has 0 bridgehead atoms. The van der Waals surface area contributed by atoms with Crippen LogP contribution in [-0.2, 0) is 27.9 Å². The number of phosphoric acid groups is 1. The van der Waals surface area contributed by atoms with Gasteiger partial charge in [0.15, 0.2) is 0 Å². The molecule has 3 atom stereocenters. The van der Waals surface area contributed by atoms with Crippen LogP contribution in [0.25, 0.3) is 0 Å². The average molecular weight is 1080 g/mol. The van der Waals surface area contributed by atoms with E-state index in [1.165, 1.54) is 109 Å². The van der Waals surface area contributed by atoms with Crippen LogP contribution in [0.3, 0.4) is 0 Å². The van der Waals surface area contributed by atoms with Crippen molar-refractivity contribution >= 4 is 19.7 Å². The molecule has 0 spiro atoms. The van der Waals surface area contributed by atoms with E-state index in [1.54, 1.807) is 0 Å². The molecule has 0 fully saturated rings. The van der Waals surface area contributed by atoms with Gasteiger partial charge in [0, 0.05) is 12.8 Å². The smallest absolute Gasteiger partial charge is 0.456 e. The predicted molar refractivity (Wildman–Crippen MR) is 327 cm³/mol. The Morgan fingerprint density at radius 2 is 0.842 bits per heavy atom. The molecule has 0 aromatic carbocycles. The Morgan fingerprint density at radius 1 is 0.474 bits per heavy atom. The minimum atomic E-state index is -4.46. The van der Waals surface area contributed by atoms with Gasteiger partial charge in [0.05, 0.1) is 33.8 Å². The molecule has 0 rings (SSSR count). The van der Waals surface area contributed by atoms with Crippen molar-refractivity contribution in [3.05, 3.63) is 97.2 Å². The number of nitrogens with one attached hydrogen (secondary N) is 1. The van der Waals surface area contributed by atoms with Crippen LogP contribution < -0.4 is 5.32 Å². The summed E-state index contributed by atoms with van der Waals surface area (Å²) in [6, 6.07) is -0.870. The topological polar surface area (TPSA) is 111 Å². The second-order valence-corrected chi connectivity index (χ2v) is 23.3. The van der Waals surface area contributed by atoms with E-state index < -0.39 is 20.0 Å². The van der Waals surface area contributed by atoms with Gasteiger partial charge in [-0.1, -0.05) is 234 Å². The summed E-state index contributed by atoms with van der Waals surface area (Å²) < 4.78 is 30.7. The maximum atomic E-state index is 13.5. The first kappa shape index (κ1) is 72.9. The van der Waals surface area contributed by atoms with Crippen LogP contribution in [0, 0.1) is 0 Å². The molecule has 3 unspecified atom stereocenters. The molecule has 0 heterocycles. The number of unbranched alkanes of at least 4 members (excludes halogenated alkanes) is 25. The lowest BCUT2D eigenvalue weighted by Gasteiger charge is -2.27. The molecule has 0 aliphatic rings. The summed E-state index contributed by atoms with van der Waals surface area (Å²) in [4.78, 5) is 37.7. The number of carbonyl (C=O) groups excluding carboxylic acids is 2. The highest BCUT2D eigenvalue weighted by molar-refractivity contribution is 7.47. The molecule has 76 heavy (non-hydrogen) atoms. The zero-order valence-corrected chi connectivity index (χ0v) is 50.9. The number of nitrogens with zero attached hydrogens (tertiary/aromatic N) is 1. The fourth-order valence-corrected chi connectivity index (χ4v) is 9.20. The highest BCUT2D eigenvalue weighted by Gasteiger charge is 2.30. The Labute approximate surface area is 468 Å². The number of phosphoric ester groups is 1. The zero-order valence-electron chi connectivity index (χ0n) is 50.0. The van der Waals surface area contributed by atoms with Crippen molar-refractivity contribution in [3.63, 3.8) is 0 Å². The van der Waals surface area contributed by atoms with Gasteiger partial charge in [-0.3, -0.25) is 18.6 Å². The van der Waals surface area contributed by atoms with Crippen LogP contribution in [0.5, 0.6) is 0 Å². The van der Waals surface area contributed by atoms with Crippen molar-refractivity contribution in [3.8, 4) is 0 Å². The van der Waals surface area contributed by atoms with Gasteiger partial charge in [-0.15, -0.1) is 0 Å². The molecule has 0 saturated carbocycles. The Bertz CT molecular complexity index is 1620. The summed E-state index contributed by atoms with van der Waals surface area (Å²) in [5.74, 6) is -0.550. The van der Waals surface area contributed by atoms with Crippen LogP contribution in [0.1, 0.15) is 258 Å². The quantitative estimate of drug-likeness (QED) is 0.0205. The van der Waals surface area contributed by atoms with E-state index in [1.807, 2.05) is 33.3 Å². The summed E-state index contributed by atoms with van der Waals surface area (Å²) in [6.45, 7) is 6.84. The van der Waals surface area contributed by atoms with Gasteiger partial charge < -0.3 is 19.4 Å². The molecule has 0 aromatic heterocycles. The second-order valence-electron chi connectivity index (χ2n) is 21.8. The Morgan fingerprint density at radius 3 is 1.30 bits per heavy atom. The molecule has 438 valence electrons. The molecule has 0 aliphatic heterocycles. The first-order chi connectivity index (χ1) is 36.9. The largest absolute Gasteiger partial charge is 0.472 e. The first-order valence-corrected chi connectivity index (χ1v) is 32.6. The summed E-state index contributed by atoms with van der Waals surface area (Å²) in [6.07, 6.45) is 74.0. The number of hydrogen-bond acceptors (Lipinski definition) is 6. The van der Waals surface area contributed by atoms with Crippen molar-refractivity contribution in [2.75, 3.05) is 40.9 Å². The van der Waals surface area contributed by atoms with E-state index in [0.29, 0.717) is 23.9 Å². The first-order valence-electron chi connectivity index (χ1n) is 31.1. The third kappa shape index (κ3) is 55.7. The van der Waals surface area contributed by atoms with E-state index >= 15 is 0 Å². The number of esters is 1. The minimum absolute atomic E-state index is 0.0295. The number of carbonyl (C=O) groups is 2. The summed E-state index contributed by atoms with van der Waals surface area (Å²) in [5.41, 5.74) is 0. The van der Waals surface area contributed by atoms with Crippen molar-refractivity contribution in [2.24, 2.45) is 0 Å². The van der Waals surface area contributed by atoms with Gasteiger partial charge in [-0.25, -0.2) is 4.57 Å². The molecule has 10 heteroatoms. The van der Waals surface area contributed by atoms with Gasteiger partial charge in [-0.05, 0) is 109 Å². The van der Waals surface area contributed by atoms with Gasteiger partial charge in [0.25, 0.3) is 0 Å². The van der Waals surface area contributed by atoms with Crippen LogP contribution in [0.4, 0.5) is 0 Å². The number of likely N-dealkylation sites (N-methyl/N-ethyl adjacent to an activating group) is 1. The molecule has 0 radical (unpaired) electrons. The van der Waals surface area contributed by atoms with Crippen molar-refractivity contribution in [1.82, 2.24) is 5.32 Å². The molecule has 0 saturated heterocycles. The number of quaternary nitrogens is 1. The lowest BCUT2D eigenvalue weighted by Crippen LogP contribution is -2.47. The van der Waals surface area contributed by atoms with Gasteiger partial charge in [-0.2, -0.15) is 0 Å². The Kier molecular flexibility index (Phi) is 53.0. The number of amides is 1. The summed E-state index contributed by atoms with van der Waals surface area (Å²) in [7, 11) is 1.46. The molecule has 9 nitrogen and oxygen atoms in total. The normalized spacial score (nSPS) is 14.4. The average Bonchev–Trinajstić information content (AvgIpc) is 3.38. The Balaban J connectivity index is 5.33. The van der Waals surface area contributed by atoms with E-state index in [9.17, 15) is 19.0 Å². The third-order valence-electron chi connectivity index (χ3n) is 13.3. The highest BCUT2D eigenvalue weighted by atomic mass is 31.2. The molecular weight excluding hydrogens is 964 g/mol. The SMILES string of the molecule is CC/C=C\C/C=C\C/C=C\C/C=C\C/C=C\CCCCCC(=O)OC(/C=C/CCCCCCCCCCCC)C(COP(=O)(O)OCC[N+](C)(C)C)NC(=O)CCCCCCCCCCC/C=C\C/C=C\CCCCC. The standard InChI is InChI=1S/C66H117N2O7P/c1-7-10-13-16-19-22-25-28-30-32-34-36-38-40-43-46-49-52-55-58-65(69)67-63(62-74-76(71,72)73-61-60-68(4,5)6)64(57-54-51-48-45-42-27-24-21-18-15-12-9-3)75-66(70)59-56-53-50-47-44-41-39-37-35-33-31-29-26-23-20-17-14-11-8-2/h11,14,19-20,22-23,28-31,35,37,41,44,54,57,63-64H,7-10,12-13,15-18,21,24-27,32-34,36,38-40,42-43,45-53,55-56,58-62H2,1-6H3,(H-,67,69,71,72)/p+1/b14-11-,22-19-,23-20-,30-28-,31-29-,37-35-,44-41-,57-54+. The lowest BCUT2D eigenvalue weighted by molar-refractivity contribution is -0.870. The minimum Gasteiger partial charge on any atom is -0.456 e. The molecule has 0 aromatic rings. The number of ether oxygens (including phenoxy) is 1. The highest BCUT2D eigenvalue weighted by Crippen LogP contribution is 2.43. The monoisotopic (exact) mass is 1080 g/mol. The number of hydrogen-bond donors (Lipinski definition) is 2. The Hall–Kier alpha value is -3.07. The summed E-state index contributed by atoms with van der Waals surface area (Å²) in [5, 5.41) is 3.05. The maximum Gasteiger partial charge on any atom is 0.472 e. The van der Waals surface area contributed by atoms with Crippen LogP contribution in [-0.4, -0.2) is 74.3 Å². The van der Waals surface area contributed by atoms with Gasteiger partial charge in [0.1, 0.15) is 19.3 Å². The fraction of sp³-hybridized carbons (Fsp3) is 0.727. The van der Waals surface area contributed by atoms with Crippen LogP contribution >= 0.6 is 7.82 Å². The van der Waals surface area contributed by atoms with E-state index in [2.05, 4.69) is 111 Å². The lowest BCUT2D eigenvalue weighted by atomic mass is 10.0. The van der Waals surface area contributed by atoms with Gasteiger partial charge in [0.2, 0.25) is 5.91 Å². The van der Waals surface area contributed by atoms with Crippen LogP contribution in [0.15, 0.2) is 97.2 Å². The van der Waals surface area contributed by atoms with Crippen LogP contribution in [0.2, 0.25) is 0 Å². The van der Waals surface area contributed by atoms with Crippen molar-refractivity contribution in [1.29, 1.82) is 0 Å².